The van der Waals surface area contributed by atoms with Gasteiger partial charge in [-0.05, 0) is 61.1 Å². The molecule has 4 rings (SSSR count). The molecule has 152 valence electrons. The molecule has 3 aliphatic rings. The second-order valence-corrected chi connectivity index (χ2v) is 9.80. The Morgan fingerprint density at radius 3 is 2.68 bits per heavy atom. The number of hydrogen-bond donors (Lipinski definition) is 2. The van der Waals surface area contributed by atoms with E-state index in [0.717, 1.165) is 24.9 Å². The van der Waals surface area contributed by atoms with Crippen LogP contribution in [0.1, 0.15) is 45.1 Å². The summed E-state index contributed by atoms with van der Waals surface area (Å²) in [6, 6.07) is 4.48. The Labute approximate surface area is 166 Å². The molecule has 28 heavy (non-hydrogen) atoms. The molecule has 0 radical (unpaired) electrons. The highest BCUT2D eigenvalue weighted by atomic mass is 32.3. The van der Waals surface area contributed by atoms with Crippen LogP contribution < -0.4 is 4.18 Å². The van der Waals surface area contributed by atoms with Crippen LogP contribution in [-0.4, -0.2) is 30.3 Å². The van der Waals surface area contributed by atoms with Gasteiger partial charge in [-0.25, -0.2) is 0 Å². The lowest BCUT2D eigenvalue weighted by Crippen LogP contribution is -2.47. The van der Waals surface area contributed by atoms with Crippen molar-refractivity contribution >= 4 is 16.1 Å². The first-order valence-corrected chi connectivity index (χ1v) is 11.2. The molecule has 0 amide bonds. The van der Waals surface area contributed by atoms with Gasteiger partial charge in [0.1, 0.15) is 11.5 Å². The molecular weight excluding hydrogens is 378 g/mol. The number of aromatic hydroxyl groups is 1. The molecule has 1 aromatic carbocycles. The van der Waals surface area contributed by atoms with Crippen LogP contribution in [0.4, 0.5) is 0 Å². The largest absolute Gasteiger partial charge is 0.508 e. The number of rotatable bonds is 3. The fraction of sp³-hybridized carbons (Fsp3) is 0.571. The Kier molecular flexibility index (Phi) is 4.78. The standard InChI is InChI=1S/C21H27NO5S/c1-11-4-14-6-12(2)19(20-13(3)10-22-18(5-11)21(14)20)15-7-16(23)9-17(8-15)27-28(24,25)26/h6-9,11,13-14,19-21,23H,4-5,10H2,1-3H3,(H,24,25,26). The monoisotopic (exact) mass is 405 g/mol. The van der Waals surface area contributed by atoms with Gasteiger partial charge >= 0.3 is 10.4 Å². The van der Waals surface area contributed by atoms with Gasteiger partial charge in [0.15, 0.2) is 0 Å². The van der Waals surface area contributed by atoms with Gasteiger partial charge in [0.05, 0.1) is 0 Å². The van der Waals surface area contributed by atoms with E-state index in [4.69, 9.17) is 9.55 Å². The third-order valence-electron chi connectivity index (χ3n) is 6.56. The highest BCUT2D eigenvalue weighted by Crippen LogP contribution is 2.54. The maximum absolute atomic E-state index is 11.1. The predicted octanol–water partition coefficient (Wildman–Crippen LogP) is 3.99. The third kappa shape index (κ3) is 3.57. The maximum atomic E-state index is 11.1. The Morgan fingerprint density at radius 2 is 1.96 bits per heavy atom. The van der Waals surface area contributed by atoms with E-state index in [1.54, 1.807) is 12.1 Å². The van der Waals surface area contributed by atoms with Crippen molar-refractivity contribution in [3.8, 4) is 11.5 Å². The van der Waals surface area contributed by atoms with Crippen LogP contribution in [0.3, 0.4) is 0 Å². The normalized spacial score (nSPS) is 34.9. The highest BCUT2D eigenvalue weighted by Gasteiger charge is 2.48. The van der Waals surface area contributed by atoms with E-state index in [2.05, 4.69) is 31.0 Å². The molecule has 6 unspecified atom stereocenters. The zero-order valence-corrected chi connectivity index (χ0v) is 17.2. The van der Waals surface area contributed by atoms with E-state index < -0.39 is 10.4 Å². The molecule has 1 heterocycles. The number of hydrogen-bond acceptors (Lipinski definition) is 5. The quantitative estimate of drug-likeness (QED) is 0.586. The van der Waals surface area contributed by atoms with E-state index in [1.165, 1.54) is 17.4 Å². The Bertz CT molecular complexity index is 952. The highest BCUT2D eigenvalue weighted by molar-refractivity contribution is 7.81. The SMILES string of the molecule is CC1=CC2CC(C)CC3=NCC(C)C(C1c1cc(O)cc(OS(=O)(=O)O)c1)C32. The zero-order chi connectivity index (χ0) is 20.2. The van der Waals surface area contributed by atoms with E-state index in [1.807, 2.05) is 0 Å². The minimum atomic E-state index is -4.65. The van der Waals surface area contributed by atoms with E-state index in [-0.39, 0.29) is 17.4 Å². The number of phenolic OH excluding ortho intramolecular Hbond substituents is 1. The summed E-state index contributed by atoms with van der Waals surface area (Å²) in [5, 5.41) is 10.2. The molecule has 7 heteroatoms. The number of phenols is 1. The average Bonchev–Trinajstić information content (AvgIpc) is 2.55. The lowest BCUT2D eigenvalue weighted by molar-refractivity contribution is 0.165. The van der Waals surface area contributed by atoms with Crippen molar-refractivity contribution in [1.82, 2.24) is 0 Å². The molecule has 6 atom stereocenters. The van der Waals surface area contributed by atoms with Gasteiger partial charge in [0, 0.05) is 30.2 Å². The van der Waals surface area contributed by atoms with Crippen LogP contribution in [0.2, 0.25) is 0 Å². The molecule has 1 fully saturated rings. The van der Waals surface area contributed by atoms with Crippen molar-refractivity contribution in [2.75, 3.05) is 6.54 Å². The van der Waals surface area contributed by atoms with E-state index >= 15 is 0 Å². The van der Waals surface area contributed by atoms with E-state index in [9.17, 15) is 13.5 Å². The number of nitrogens with zero attached hydrogens (tertiary/aromatic N) is 1. The van der Waals surface area contributed by atoms with Gasteiger partial charge in [-0.1, -0.05) is 25.5 Å². The van der Waals surface area contributed by atoms with Crippen LogP contribution in [-0.2, 0) is 10.4 Å². The topological polar surface area (TPSA) is 96.2 Å². The van der Waals surface area contributed by atoms with Crippen molar-refractivity contribution in [2.24, 2.45) is 34.6 Å². The van der Waals surface area contributed by atoms with Crippen LogP contribution in [0.15, 0.2) is 34.8 Å². The second kappa shape index (κ2) is 6.88. The van der Waals surface area contributed by atoms with Gasteiger partial charge in [-0.15, -0.1) is 0 Å². The third-order valence-corrected chi connectivity index (χ3v) is 6.96. The van der Waals surface area contributed by atoms with Crippen LogP contribution in [0.5, 0.6) is 11.5 Å². The van der Waals surface area contributed by atoms with Gasteiger partial charge < -0.3 is 9.29 Å². The summed E-state index contributed by atoms with van der Waals surface area (Å²) in [5.41, 5.74) is 3.36. The Hall–Kier alpha value is -1.86. The fourth-order valence-corrected chi connectivity index (χ4v) is 6.08. The summed E-state index contributed by atoms with van der Waals surface area (Å²) in [7, 11) is -4.65. The van der Waals surface area contributed by atoms with Crippen molar-refractivity contribution in [1.29, 1.82) is 0 Å². The van der Waals surface area contributed by atoms with Gasteiger partial charge in [-0.3, -0.25) is 9.55 Å². The van der Waals surface area contributed by atoms with E-state index in [0.29, 0.717) is 29.6 Å². The summed E-state index contributed by atoms with van der Waals surface area (Å²) in [6.07, 6.45) is 4.55. The fourth-order valence-electron chi connectivity index (χ4n) is 5.74. The second-order valence-electron chi connectivity index (χ2n) is 8.78. The van der Waals surface area contributed by atoms with Crippen LogP contribution in [0, 0.1) is 29.6 Å². The van der Waals surface area contributed by atoms with Crippen molar-refractivity contribution in [2.45, 2.75) is 39.5 Å². The summed E-state index contributed by atoms with van der Waals surface area (Å²) < 4.78 is 35.9. The molecule has 2 aliphatic carbocycles. The Morgan fingerprint density at radius 1 is 1.21 bits per heavy atom. The molecular formula is C21H27NO5S. The van der Waals surface area contributed by atoms with Gasteiger partial charge in [-0.2, -0.15) is 8.42 Å². The first-order chi connectivity index (χ1) is 13.1. The van der Waals surface area contributed by atoms with Crippen LogP contribution >= 0.6 is 0 Å². The Balaban J connectivity index is 1.80. The van der Waals surface area contributed by atoms with Crippen molar-refractivity contribution < 1.29 is 22.3 Å². The summed E-state index contributed by atoms with van der Waals surface area (Å²) >= 11 is 0. The molecule has 0 bridgehead atoms. The van der Waals surface area contributed by atoms with Crippen molar-refractivity contribution in [3.63, 3.8) is 0 Å². The van der Waals surface area contributed by atoms with Crippen LogP contribution in [0.25, 0.3) is 0 Å². The molecule has 2 N–H and O–H groups in total. The molecule has 0 aromatic heterocycles. The summed E-state index contributed by atoms with van der Waals surface area (Å²) in [5.74, 6) is 2.11. The van der Waals surface area contributed by atoms with Crippen molar-refractivity contribution in [3.05, 3.63) is 35.4 Å². The molecule has 1 saturated carbocycles. The molecule has 1 aromatic rings. The summed E-state index contributed by atoms with van der Waals surface area (Å²) in [6.45, 7) is 7.43. The minimum Gasteiger partial charge on any atom is -0.508 e. The average molecular weight is 406 g/mol. The minimum absolute atomic E-state index is 0.0472. The first kappa shape index (κ1) is 19.5. The molecule has 6 nitrogen and oxygen atoms in total. The molecule has 0 saturated heterocycles. The summed E-state index contributed by atoms with van der Waals surface area (Å²) in [4.78, 5) is 4.90. The molecule has 0 spiro atoms. The van der Waals surface area contributed by atoms with Gasteiger partial charge in [0.25, 0.3) is 0 Å². The predicted molar refractivity (Wildman–Crippen MR) is 107 cm³/mol. The number of benzene rings is 1. The molecule has 1 aliphatic heterocycles. The maximum Gasteiger partial charge on any atom is 0.446 e. The lowest BCUT2D eigenvalue weighted by Gasteiger charge is -2.51. The first-order valence-electron chi connectivity index (χ1n) is 9.84. The number of allylic oxidation sites excluding steroid dienone is 2. The number of aliphatic imine (C=N–C) groups is 1. The lowest BCUT2D eigenvalue weighted by atomic mass is 9.55. The van der Waals surface area contributed by atoms with Gasteiger partial charge in [0.2, 0.25) is 0 Å². The smallest absolute Gasteiger partial charge is 0.446 e. The zero-order valence-electron chi connectivity index (χ0n) is 16.4.